The van der Waals surface area contributed by atoms with Crippen LogP contribution in [0.25, 0.3) is 10.4 Å². The van der Waals surface area contributed by atoms with Gasteiger partial charge in [-0.15, -0.1) is 11.3 Å². The fraction of sp³-hybridized carbons (Fsp3) is 0.400. The smallest absolute Gasteiger partial charge is 0.251 e. The maximum atomic E-state index is 12.2. The average molecular weight is 356 g/mol. The summed E-state index contributed by atoms with van der Waals surface area (Å²) in [5.74, 6) is 0. The lowest BCUT2D eigenvalue weighted by molar-refractivity contribution is 0.204. The Labute approximate surface area is 139 Å². The molecular weight excluding hydrogens is 336 g/mol. The van der Waals surface area contributed by atoms with Crippen LogP contribution in [0.2, 0.25) is 0 Å². The van der Waals surface area contributed by atoms with Crippen molar-refractivity contribution >= 4 is 21.4 Å². The van der Waals surface area contributed by atoms with E-state index < -0.39 is 10.0 Å². The van der Waals surface area contributed by atoms with Gasteiger partial charge in [0.2, 0.25) is 10.0 Å². The van der Waals surface area contributed by atoms with Gasteiger partial charge in [-0.1, -0.05) is 6.92 Å². The van der Waals surface area contributed by atoms with Crippen LogP contribution in [-0.4, -0.2) is 33.7 Å². The molecule has 2 N–H and O–H groups in total. The third kappa shape index (κ3) is 4.08. The van der Waals surface area contributed by atoms with Gasteiger partial charge in [0.1, 0.15) is 4.21 Å². The van der Waals surface area contributed by atoms with Gasteiger partial charge in [0.25, 0.3) is 5.56 Å². The Morgan fingerprint density at radius 2 is 2.09 bits per heavy atom. The summed E-state index contributed by atoms with van der Waals surface area (Å²) in [6, 6.07) is 5.16. The summed E-state index contributed by atoms with van der Waals surface area (Å²) in [6.07, 6.45) is 0.623. The highest BCUT2D eigenvalue weighted by atomic mass is 32.2. The van der Waals surface area contributed by atoms with Gasteiger partial charge < -0.3 is 9.72 Å². The van der Waals surface area contributed by atoms with E-state index in [2.05, 4.69) is 9.71 Å². The highest BCUT2D eigenvalue weighted by Crippen LogP contribution is 2.32. The van der Waals surface area contributed by atoms with Crippen LogP contribution in [0.3, 0.4) is 0 Å². The lowest BCUT2D eigenvalue weighted by atomic mass is 10.1. The van der Waals surface area contributed by atoms with Crippen LogP contribution in [0.4, 0.5) is 0 Å². The number of hydrogen-bond donors (Lipinski definition) is 2. The Balaban J connectivity index is 2.34. The van der Waals surface area contributed by atoms with E-state index >= 15 is 0 Å². The van der Waals surface area contributed by atoms with Gasteiger partial charge in [0, 0.05) is 35.4 Å². The molecule has 0 fully saturated rings. The molecule has 2 aromatic heterocycles. The summed E-state index contributed by atoms with van der Waals surface area (Å²) in [6.45, 7) is 4.26. The highest BCUT2D eigenvalue weighted by Gasteiger charge is 2.18. The molecule has 0 unspecified atom stereocenters. The number of pyridine rings is 1. The van der Waals surface area contributed by atoms with Crippen molar-refractivity contribution in [3.8, 4) is 10.4 Å². The largest absolute Gasteiger partial charge is 0.383 e. The van der Waals surface area contributed by atoms with Crippen LogP contribution < -0.4 is 10.3 Å². The number of thiophene rings is 1. The minimum absolute atomic E-state index is 0.0978. The van der Waals surface area contributed by atoms with Crippen LogP contribution in [0.15, 0.2) is 27.2 Å². The van der Waals surface area contributed by atoms with E-state index in [0.29, 0.717) is 18.6 Å². The number of rotatable bonds is 7. The topological polar surface area (TPSA) is 88.3 Å². The number of sulfonamides is 1. The zero-order valence-corrected chi connectivity index (χ0v) is 14.9. The van der Waals surface area contributed by atoms with Gasteiger partial charge in [-0.05, 0) is 31.5 Å². The quantitative estimate of drug-likeness (QED) is 0.742. The summed E-state index contributed by atoms with van der Waals surface area (Å²) in [4.78, 5) is 15.4. The fourth-order valence-corrected chi connectivity index (χ4v) is 4.58. The molecule has 2 aromatic rings. The second-order valence-electron chi connectivity index (χ2n) is 5.03. The Morgan fingerprint density at radius 3 is 2.74 bits per heavy atom. The second-order valence-corrected chi connectivity index (χ2v) is 8.10. The lowest BCUT2D eigenvalue weighted by Gasteiger charge is -2.06. The van der Waals surface area contributed by atoms with Crippen molar-refractivity contribution in [3.63, 3.8) is 0 Å². The van der Waals surface area contributed by atoms with Crippen molar-refractivity contribution in [2.45, 2.75) is 24.5 Å². The molecule has 8 heteroatoms. The van der Waals surface area contributed by atoms with E-state index in [4.69, 9.17) is 4.74 Å². The molecule has 0 bridgehead atoms. The molecule has 0 aromatic carbocycles. The van der Waals surface area contributed by atoms with Gasteiger partial charge in [-0.2, -0.15) is 0 Å². The van der Waals surface area contributed by atoms with Crippen molar-refractivity contribution in [2.75, 3.05) is 20.3 Å². The number of H-pyrrole nitrogens is 1. The molecule has 0 atom stereocenters. The zero-order valence-electron chi connectivity index (χ0n) is 13.3. The van der Waals surface area contributed by atoms with E-state index in [9.17, 15) is 13.2 Å². The monoisotopic (exact) mass is 356 g/mol. The molecule has 0 aliphatic heterocycles. The SMILES string of the molecule is CCc1cc(-c2ccc(S(=O)(=O)NCCOC)s2)c(C)[nH]c1=O. The van der Waals surface area contributed by atoms with Crippen LogP contribution in [-0.2, 0) is 21.2 Å². The number of aromatic amines is 1. The van der Waals surface area contributed by atoms with Gasteiger partial charge >= 0.3 is 0 Å². The third-order valence-electron chi connectivity index (χ3n) is 3.41. The van der Waals surface area contributed by atoms with E-state index in [0.717, 1.165) is 16.1 Å². The van der Waals surface area contributed by atoms with Crippen LogP contribution in [0, 0.1) is 6.92 Å². The molecule has 0 spiro atoms. The maximum absolute atomic E-state index is 12.2. The minimum atomic E-state index is -3.54. The van der Waals surface area contributed by atoms with E-state index in [1.165, 1.54) is 18.4 Å². The first kappa shape index (κ1) is 17.9. The number of nitrogens with one attached hydrogen (secondary N) is 2. The number of methoxy groups -OCH3 is 1. The van der Waals surface area contributed by atoms with Crippen molar-refractivity contribution < 1.29 is 13.2 Å². The van der Waals surface area contributed by atoms with Gasteiger partial charge in [0.05, 0.1) is 6.61 Å². The van der Waals surface area contributed by atoms with Crippen LogP contribution >= 0.6 is 11.3 Å². The molecule has 0 aliphatic rings. The zero-order chi connectivity index (χ0) is 17.0. The van der Waals surface area contributed by atoms with Crippen molar-refractivity contribution in [1.82, 2.24) is 9.71 Å². The van der Waals surface area contributed by atoms with E-state index in [-0.39, 0.29) is 16.3 Å². The number of aromatic nitrogens is 1. The molecule has 6 nitrogen and oxygen atoms in total. The normalized spacial score (nSPS) is 11.8. The third-order valence-corrected chi connectivity index (χ3v) is 6.48. The Morgan fingerprint density at radius 1 is 1.35 bits per heavy atom. The molecule has 0 amide bonds. The van der Waals surface area contributed by atoms with Gasteiger partial charge in [-0.3, -0.25) is 4.79 Å². The molecule has 2 rings (SSSR count). The Kier molecular flexibility index (Phi) is 5.74. The van der Waals surface area contributed by atoms with Crippen molar-refractivity contribution in [2.24, 2.45) is 0 Å². The first-order valence-corrected chi connectivity index (χ1v) is 9.50. The molecule has 126 valence electrons. The predicted molar refractivity (Wildman–Crippen MR) is 91.6 cm³/mol. The summed E-state index contributed by atoms with van der Waals surface area (Å²) >= 11 is 1.18. The number of aryl methyl sites for hydroxylation is 2. The standard InChI is InChI=1S/C15H20N2O4S2/c1-4-11-9-12(10(2)17-15(11)18)13-5-6-14(22-13)23(19,20)16-7-8-21-3/h5-6,9,16H,4,7-8H2,1-3H3,(H,17,18). The molecule has 0 saturated carbocycles. The van der Waals surface area contributed by atoms with Gasteiger partial charge in [0.15, 0.2) is 0 Å². The predicted octanol–water partition coefficient (Wildman–Crippen LogP) is 1.90. The number of ether oxygens (including phenoxy) is 1. The summed E-state index contributed by atoms with van der Waals surface area (Å²) < 4.78 is 32.0. The minimum Gasteiger partial charge on any atom is -0.383 e. The van der Waals surface area contributed by atoms with Crippen molar-refractivity contribution in [1.29, 1.82) is 0 Å². The second kappa shape index (κ2) is 7.39. The molecule has 2 heterocycles. The Hall–Kier alpha value is -1.48. The summed E-state index contributed by atoms with van der Waals surface area (Å²) in [5.41, 5.74) is 2.16. The Bertz CT molecular complexity index is 837. The molecule has 23 heavy (non-hydrogen) atoms. The first-order valence-electron chi connectivity index (χ1n) is 7.20. The molecule has 0 aliphatic carbocycles. The van der Waals surface area contributed by atoms with E-state index in [1.54, 1.807) is 19.1 Å². The van der Waals surface area contributed by atoms with Crippen molar-refractivity contribution in [3.05, 3.63) is 39.8 Å². The highest BCUT2D eigenvalue weighted by molar-refractivity contribution is 7.91. The van der Waals surface area contributed by atoms with Crippen LogP contribution in [0.5, 0.6) is 0 Å². The average Bonchev–Trinajstić information content (AvgIpc) is 2.98. The lowest BCUT2D eigenvalue weighted by Crippen LogP contribution is -2.26. The molecule has 0 saturated heterocycles. The first-order chi connectivity index (χ1) is 10.9. The molecular formula is C15H20N2O4S2. The summed E-state index contributed by atoms with van der Waals surface area (Å²) in [7, 11) is -2.02. The summed E-state index contributed by atoms with van der Waals surface area (Å²) in [5, 5.41) is 0. The van der Waals surface area contributed by atoms with Crippen LogP contribution in [0.1, 0.15) is 18.2 Å². The molecule has 0 radical (unpaired) electrons. The number of hydrogen-bond acceptors (Lipinski definition) is 5. The maximum Gasteiger partial charge on any atom is 0.251 e. The van der Waals surface area contributed by atoms with Gasteiger partial charge in [-0.25, -0.2) is 13.1 Å². The van der Waals surface area contributed by atoms with E-state index in [1.807, 2.05) is 13.0 Å². The fourth-order valence-electron chi connectivity index (χ4n) is 2.14.